The minimum Gasteiger partial charge on any atom is -0.379 e. The maximum absolute atomic E-state index is 5.46. The zero-order chi connectivity index (χ0) is 13.1. The normalized spacial score (nSPS) is 12.4. The first-order chi connectivity index (χ1) is 7.92. The topological polar surface area (TPSA) is 30.5 Å². The third-order valence-electron chi connectivity index (χ3n) is 2.30. The molecule has 0 unspecified atom stereocenters. The van der Waals surface area contributed by atoms with Gasteiger partial charge in [0, 0.05) is 13.2 Å². The molecule has 0 radical (unpaired) electrons. The van der Waals surface area contributed by atoms with Crippen LogP contribution >= 0.6 is 0 Å². The second-order valence-corrected chi connectivity index (χ2v) is 6.14. The van der Waals surface area contributed by atoms with Crippen LogP contribution in [0.4, 0.5) is 0 Å². The van der Waals surface area contributed by atoms with E-state index in [2.05, 4.69) is 39.9 Å². The molecule has 3 heteroatoms. The van der Waals surface area contributed by atoms with Crippen LogP contribution in [0.5, 0.6) is 0 Å². The molecule has 3 nitrogen and oxygen atoms in total. The Morgan fingerprint density at radius 3 is 2.18 bits per heavy atom. The van der Waals surface area contributed by atoms with Crippen molar-refractivity contribution >= 4 is 0 Å². The van der Waals surface area contributed by atoms with Crippen LogP contribution < -0.4 is 5.32 Å². The molecule has 0 aromatic carbocycles. The third-order valence-corrected chi connectivity index (χ3v) is 2.30. The second-order valence-electron chi connectivity index (χ2n) is 6.14. The molecule has 0 aliphatic rings. The smallest absolute Gasteiger partial charge is 0.0701 e. The highest BCUT2D eigenvalue weighted by Gasteiger charge is 2.08. The molecule has 0 saturated carbocycles. The quantitative estimate of drug-likeness (QED) is 0.600. The molecule has 0 bridgehead atoms. The van der Waals surface area contributed by atoms with Gasteiger partial charge < -0.3 is 14.8 Å². The predicted octanol–water partition coefficient (Wildman–Crippen LogP) is 2.70. The lowest BCUT2D eigenvalue weighted by Crippen LogP contribution is -2.24. The van der Waals surface area contributed by atoms with Gasteiger partial charge in [-0.05, 0) is 24.3 Å². The van der Waals surface area contributed by atoms with Crippen LogP contribution in [0.1, 0.15) is 41.0 Å². The maximum Gasteiger partial charge on any atom is 0.0701 e. The SMILES string of the molecule is CC(C)COCCOCCNCCC(C)(C)C. The number of hydrogen-bond donors (Lipinski definition) is 1. The Balaban J connectivity index is 3.04. The highest BCUT2D eigenvalue weighted by Crippen LogP contribution is 2.16. The Morgan fingerprint density at radius 2 is 1.59 bits per heavy atom. The summed E-state index contributed by atoms with van der Waals surface area (Å²) in [7, 11) is 0. The van der Waals surface area contributed by atoms with Gasteiger partial charge in [-0.2, -0.15) is 0 Å². The van der Waals surface area contributed by atoms with Crippen molar-refractivity contribution in [2.75, 3.05) is 39.5 Å². The molecular weight excluding hydrogens is 214 g/mol. The molecule has 0 spiro atoms. The Kier molecular flexibility index (Phi) is 9.79. The van der Waals surface area contributed by atoms with E-state index in [1.165, 1.54) is 6.42 Å². The summed E-state index contributed by atoms with van der Waals surface area (Å²) in [4.78, 5) is 0. The van der Waals surface area contributed by atoms with Crippen LogP contribution in [0, 0.1) is 11.3 Å². The van der Waals surface area contributed by atoms with Gasteiger partial charge in [0.1, 0.15) is 0 Å². The van der Waals surface area contributed by atoms with Gasteiger partial charge in [-0.1, -0.05) is 34.6 Å². The number of nitrogens with one attached hydrogen (secondary N) is 1. The Morgan fingerprint density at radius 1 is 0.941 bits per heavy atom. The van der Waals surface area contributed by atoms with Crippen molar-refractivity contribution in [2.45, 2.75) is 41.0 Å². The van der Waals surface area contributed by atoms with Gasteiger partial charge >= 0.3 is 0 Å². The van der Waals surface area contributed by atoms with E-state index in [0.717, 1.165) is 26.3 Å². The molecule has 0 aromatic heterocycles. The van der Waals surface area contributed by atoms with Crippen molar-refractivity contribution in [3.05, 3.63) is 0 Å². The van der Waals surface area contributed by atoms with Gasteiger partial charge in [0.15, 0.2) is 0 Å². The lowest BCUT2D eigenvalue weighted by atomic mass is 9.92. The summed E-state index contributed by atoms with van der Waals surface area (Å²) < 4.78 is 10.9. The molecule has 0 rings (SSSR count). The maximum atomic E-state index is 5.46. The van der Waals surface area contributed by atoms with E-state index in [4.69, 9.17) is 9.47 Å². The summed E-state index contributed by atoms with van der Waals surface area (Å²) in [5, 5.41) is 3.39. The highest BCUT2D eigenvalue weighted by molar-refractivity contribution is 4.62. The van der Waals surface area contributed by atoms with Crippen LogP contribution in [0.25, 0.3) is 0 Å². The molecule has 0 fully saturated rings. The molecule has 0 heterocycles. The second kappa shape index (κ2) is 9.86. The van der Waals surface area contributed by atoms with Gasteiger partial charge in [0.2, 0.25) is 0 Å². The molecule has 0 amide bonds. The van der Waals surface area contributed by atoms with E-state index < -0.39 is 0 Å². The first-order valence-electron chi connectivity index (χ1n) is 6.78. The summed E-state index contributed by atoms with van der Waals surface area (Å²) in [6.07, 6.45) is 1.20. The van der Waals surface area contributed by atoms with E-state index in [9.17, 15) is 0 Å². The summed E-state index contributed by atoms with van der Waals surface area (Å²) in [5.41, 5.74) is 0.415. The molecule has 104 valence electrons. The summed E-state index contributed by atoms with van der Waals surface area (Å²) in [5.74, 6) is 0.606. The number of ether oxygens (including phenoxy) is 2. The van der Waals surface area contributed by atoms with Gasteiger partial charge in [0.25, 0.3) is 0 Å². The van der Waals surface area contributed by atoms with Crippen molar-refractivity contribution in [1.82, 2.24) is 5.32 Å². The molecule has 0 aliphatic carbocycles. The largest absolute Gasteiger partial charge is 0.379 e. The van der Waals surface area contributed by atoms with Crippen molar-refractivity contribution in [2.24, 2.45) is 11.3 Å². The van der Waals surface area contributed by atoms with Crippen LogP contribution in [-0.2, 0) is 9.47 Å². The van der Waals surface area contributed by atoms with E-state index in [1.54, 1.807) is 0 Å². The fourth-order valence-electron chi connectivity index (χ4n) is 1.27. The van der Waals surface area contributed by atoms with Crippen molar-refractivity contribution in [3.8, 4) is 0 Å². The minimum absolute atomic E-state index is 0.415. The van der Waals surface area contributed by atoms with E-state index in [-0.39, 0.29) is 0 Å². The molecule has 0 saturated heterocycles. The first-order valence-corrected chi connectivity index (χ1v) is 6.78. The zero-order valence-electron chi connectivity index (χ0n) is 12.3. The molecular formula is C14H31NO2. The first kappa shape index (κ1) is 16.9. The predicted molar refractivity (Wildman–Crippen MR) is 73.4 cm³/mol. The summed E-state index contributed by atoms with van der Waals surface area (Å²) >= 11 is 0. The molecule has 17 heavy (non-hydrogen) atoms. The van der Waals surface area contributed by atoms with E-state index in [1.807, 2.05) is 0 Å². The zero-order valence-corrected chi connectivity index (χ0v) is 12.3. The van der Waals surface area contributed by atoms with Crippen LogP contribution in [0.15, 0.2) is 0 Å². The lowest BCUT2D eigenvalue weighted by Gasteiger charge is -2.18. The molecule has 0 atom stereocenters. The van der Waals surface area contributed by atoms with Gasteiger partial charge in [-0.25, -0.2) is 0 Å². The van der Waals surface area contributed by atoms with E-state index in [0.29, 0.717) is 24.5 Å². The monoisotopic (exact) mass is 245 g/mol. The van der Waals surface area contributed by atoms with Crippen molar-refractivity contribution in [1.29, 1.82) is 0 Å². The summed E-state index contributed by atoms with van der Waals surface area (Å²) in [6, 6.07) is 0. The van der Waals surface area contributed by atoms with E-state index >= 15 is 0 Å². The van der Waals surface area contributed by atoms with Gasteiger partial charge in [0.05, 0.1) is 19.8 Å². The van der Waals surface area contributed by atoms with Gasteiger partial charge in [-0.15, -0.1) is 0 Å². The van der Waals surface area contributed by atoms with Crippen molar-refractivity contribution < 1.29 is 9.47 Å². The van der Waals surface area contributed by atoms with Crippen LogP contribution in [-0.4, -0.2) is 39.5 Å². The third kappa shape index (κ3) is 15.9. The number of hydrogen-bond acceptors (Lipinski definition) is 3. The molecule has 0 aliphatic heterocycles. The lowest BCUT2D eigenvalue weighted by molar-refractivity contribution is 0.0387. The Labute approximate surface area is 107 Å². The fourth-order valence-corrected chi connectivity index (χ4v) is 1.27. The molecule has 1 N–H and O–H groups in total. The van der Waals surface area contributed by atoms with Crippen LogP contribution in [0.3, 0.4) is 0 Å². The highest BCUT2D eigenvalue weighted by atomic mass is 16.5. The fraction of sp³-hybridized carbons (Fsp3) is 1.00. The average Bonchev–Trinajstić information content (AvgIpc) is 2.18. The van der Waals surface area contributed by atoms with Crippen LogP contribution in [0.2, 0.25) is 0 Å². The van der Waals surface area contributed by atoms with Crippen molar-refractivity contribution in [3.63, 3.8) is 0 Å². The number of rotatable bonds is 10. The Bertz CT molecular complexity index is 164. The summed E-state index contributed by atoms with van der Waals surface area (Å²) in [6.45, 7) is 16.1. The minimum atomic E-state index is 0.415. The molecule has 0 aromatic rings. The van der Waals surface area contributed by atoms with Gasteiger partial charge in [-0.3, -0.25) is 0 Å². The average molecular weight is 245 g/mol. The standard InChI is InChI=1S/C14H31NO2/c1-13(2)12-17-11-10-16-9-8-15-7-6-14(3,4)5/h13,15H,6-12H2,1-5H3. The Hall–Kier alpha value is -0.120.